The second-order valence-electron chi connectivity index (χ2n) is 9.53. The summed E-state index contributed by atoms with van der Waals surface area (Å²) < 4.78 is 35.2. The number of amides is 1. The molecule has 1 amide bonds. The molecule has 4 rings (SSSR count). The van der Waals surface area contributed by atoms with E-state index in [-0.39, 0.29) is 18.1 Å². The molecule has 1 aromatic heterocycles. The first kappa shape index (κ1) is 28.8. The molecule has 0 aliphatic carbocycles. The molecule has 0 radical (unpaired) electrons. The highest BCUT2D eigenvalue weighted by molar-refractivity contribution is 7.95. The van der Waals surface area contributed by atoms with Crippen LogP contribution < -0.4 is 23.6 Å². The molecule has 40 heavy (non-hydrogen) atoms. The van der Waals surface area contributed by atoms with Crippen LogP contribution in [0.25, 0.3) is 0 Å². The van der Waals surface area contributed by atoms with Crippen LogP contribution in [0.3, 0.4) is 0 Å². The van der Waals surface area contributed by atoms with Crippen molar-refractivity contribution in [3.8, 4) is 5.75 Å². The van der Waals surface area contributed by atoms with Crippen LogP contribution in [0.5, 0.6) is 5.75 Å². The van der Waals surface area contributed by atoms with Crippen molar-refractivity contribution in [3.05, 3.63) is 72.7 Å². The fraction of sp³-hybridized carbons (Fsp3) is 0.321. The van der Waals surface area contributed by atoms with Crippen LogP contribution in [0, 0.1) is 0 Å². The van der Waals surface area contributed by atoms with Crippen LogP contribution in [0.4, 0.5) is 28.6 Å². The van der Waals surface area contributed by atoms with Gasteiger partial charge >= 0.3 is 10.2 Å². The minimum absolute atomic E-state index is 0.239. The number of nitrogens with one attached hydrogen (secondary N) is 1. The zero-order valence-corrected chi connectivity index (χ0v) is 24.3. The number of rotatable bonds is 11. The third-order valence-corrected chi connectivity index (χ3v) is 8.41. The molecular weight excluding hydrogens is 530 g/mol. The molecule has 0 saturated heterocycles. The number of para-hydroxylation sites is 2. The molecule has 0 bridgehead atoms. The van der Waals surface area contributed by atoms with Crippen molar-refractivity contribution >= 4 is 44.7 Å². The molecule has 0 unspecified atom stereocenters. The molecule has 0 spiro atoms. The average Bonchev–Trinajstić information content (AvgIpc) is 3.17. The molecule has 1 N–H and O–H groups in total. The number of likely N-dealkylation sites (N-methyl/N-ethyl adjacent to an activating group) is 2. The molecule has 1 aliphatic heterocycles. The number of fused-ring (bicyclic) bond motifs is 1. The summed E-state index contributed by atoms with van der Waals surface area (Å²) in [5.74, 6) is 0.893. The quantitative estimate of drug-likeness (QED) is 0.352. The van der Waals surface area contributed by atoms with Crippen molar-refractivity contribution in [3.63, 3.8) is 0 Å². The number of nitrogens with zero attached hydrogens (tertiary/aromatic N) is 6. The van der Waals surface area contributed by atoms with E-state index in [4.69, 9.17) is 4.74 Å². The molecule has 0 atom stereocenters. The van der Waals surface area contributed by atoms with Gasteiger partial charge in [0.1, 0.15) is 11.6 Å². The molecule has 3 aromatic rings. The number of hydrogen-bond donors (Lipinski definition) is 1. The van der Waals surface area contributed by atoms with E-state index in [2.05, 4.69) is 26.8 Å². The lowest BCUT2D eigenvalue weighted by Gasteiger charge is -2.26. The second-order valence-corrected chi connectivity index (χ2v) is 11.2. The molecular formula is C28H35N7O4S. The fourth-order valence-corrected chi connectivity index (χ4v) is 6.21. The van der Waals surface area contributed by atoms with Gasteiger partial charge in [0, 0.05) is 57.0 Å². The highest BCUT2D eigenvalue weighted by atomic mass is 32.2. The van der Waals surface area contributed by atoms with Gasteiger partial charge in [0.15, 0.2) is 5.82 Å². The van der Waals surface area contributed by atoms with Crippen LogP contribution in [0.1, 0.15) is 18.3 Å². The fourth-order valence-electron chi connectivity index (χ4n) is 4.54. The Hall–Kier alpha value is -4.16. The number of ether oxygens (including phenoxy) is 1. The third-order valence-electron chi connectivity index (χ3n) is 6.55. The van der Waals surface area contributed by atoms with E-state index < -0.39 is 10.2 Å². The Balaban J connectivity index is 1.72. The molecule has 11 nitrogen and oxygen atoms in total. The van der Waals surface area contributed by atoms with E-state index in [1.807, 2.05) is 44.2 Å². The number of aromatic nitrogens is 2. The van der Waals surface area contributed by atoms with Crippen molar-refractivity contribution in [2.45, 2.75) is 13.3 Å². The van der Waals surface area contributed by atoms with E-state index in [0.717, 1.165) is 24.3 Å². The van der Waals surface area contributed by atoms with Crippen LogP contribution in [0.2, 0.25) is 0 Å². The van der Waals surface area contributed by atoms with Gasteiger partial charge in [-0.25, -0.2) is 14.3 Å². The van der Waals surface area contributed by atoms with Gasteiger partial charge in [0.05, 0.1) is 29.9 Å². The molecule has 0 saturated carbocycles. The van der Waals surface area contributed by atoms with Gasteiger partial charge in [-0.15, -0.1) is 0 Å². The van der Waals surface area contributed by atoms with E-state index in [1.54, 1.807) is 44.5 Å². The van der Waals surface area contributed by atoms with Crippen molar-refractivity contribution in [2.75, 3.05) is 66.7 Å². The van der Waals surface area contributed by atoms with Crippen molar-refractivity contribution in [1.29, 1.82) is 0 Å². The van der Waals surface area contributed by atoms with Crippen LogP contribution in [-0.2, 0) is 21.4 Å². The summed E-state index contributed by atoms with van der Waals surface area (Å²) in [4.78, 5) is 25.4. The number of carbonyl (C=O) groups is 1. The Bertz CT molecular complexity index is 1510. The number of carbonyl (C=O) groups excluding carboxylic acids is 1. The first-order valence-electron chi connectivity index (χ1n) is 12.8. The monoisotopic (exact) mass is 565 g/mol. The smallest absolute Gasteiger partial charge is 0.332 e. The van der Waals surface area contributed by atoms with Gasteiger partial charge < -0.3 is 19.9 Å². The summed E-state index contributed by atoms with van der Waals surface area (Å²) in [7, 11) is 3.66. The van der Waals surface area contributed by atoms with E-state index in [0.29, 0.717) is 35.2 Å². The van der Waals surface area contributed by atoms with Crippen LogP contribution in [-0.4, -0.2) is 77.1 Å². The van der Waals surface area contributed by atoms with Gasteiger partial charge in [-0.3, -0.25) is 9.10 Å². The Morgan fingerprint density at radius 1 is 1.12 bits per heavy atom. The van der Waals surface area contributed by atoms with Gasteiger partial charge in [0.2, 0.25) is 5.91 Å². The van der Waals surface area contributed by atoms with Gasteiger partial charge in [-0.2, -0.15) is 8.42 Å². The number of methoxy groups -OCH3 is 1. The molecule has 2 heterocycles. The lowest BCUT2D eigenvalue weighted by molar-refractivity contribution is -0.111. The highest BCUT2D eigenvalue weighted by Gasteiger charge is 2.41. The third kappa shape index (κ3) is 5.73. The maximum atomic E-state index is 13.4. The normalized spacial score (nSPS) is 13.8. The number of benzene rings is 2. The summed E-state index contributed by atoms with van der Waals surface area (Å²) in [6.45, 7) is 7.18. The van der Waals surface area contributed by atoms with E-state index in [1.165, 1.54) is 14.7 Å². The van der Waals surface area contributed by atoms with Gasteiger partial charge in [0.25, 0.3) is 0 Å². The predicted molar refractivity (Wildman–Crippen MR) is 159 cm³/mol. The zero-order valence-electron chi connectivity index (χ0n) is 23.5. The lowest BCUT2D eigenvalue weighted by Crippen LogP contribution is -2.35. The summed E-state index contributed by atoms with van der Waals surface area (Å²) >= 11 is 0. The van der Waals surface area contributed by atoms with Crippen molar-refractivity contribution in [1.82, 2.24) is 14.9 Å². The molecule has 12 heteroatoms. The first-order chi connectivity index (χ1) is 19.1. The summed E-state index contributed by atoms with van der Waals surface area (Å²) in [6, 6.07) is 12.4. The SMILES string of the molecule is C=CC(=O)Nc1cc(Cc2nccc(N3c4ccccc4N(CC)S3(=O)=O)n2)c(OC)cc1N(C)CCN(C)C. The highest BCUT2D eigenvalue weighted by Crippen LogP contribution is 2.44. The van der Waals surface area contributed by atoms with E-state index in [9.17, 15) is 13.2 Å². The maximum Gasteiger partial charge on any atom is 0.332 e. The second kappa shape index (κ2) is 11.9. The molecule has 2 aromatic carbocycles. The van der Waals surface area contributed by atoms with Crippen LogP contribution >= 0.6 is 0 Å². The standard InChI is InChI=1S/C28H35N7O4S/c1-7-28(36)30-21-17-20(25(39-6)19-24(21)33(5)16-15-32(3)4)18-26-29-14-13-27(31-26)35-23-12-10-9-11-22(23)34(8-2)40(35,37)38/h7,9-14,17,19H,1,8,15-16,18H2,2-6H3,(H,30,36). The Kier molecular flexibility index (Phi) is 8.60. The Labute approximate surface area is 235 Å². The average molecular weight is 566 g/mol. The predicted octanol–water partition coefficient (Wildman–Crippen LogP) is 3.42. The minimum Gasteiger partial charge on any atom is -0.496 e. The van der Waals surface area contributed by atoms with Crippen LogP contribution in [0.15, 0.2) is 61.3 Å². The van der Waals surface area contributed by atoms with Crippen molar-refractivity contribution in [2.24, 2.45) is 0 Å². The Morgan fingerprint density at radius 2 is 1.85 bits per heavy atom. The van der Waals surface area contributed by atoms with Gasteiger partial charge in [-0.1, -0.05) is 18.7 Å². The molecule has 212 valence electrons. The number of hydrogen-bond acceptors (Lipinski definition) is 8. The minimum atomic E-state index is -3.86. The van der Waals surface area contributed by atoms with Crippen molar-refractivity contribution < 1.29 is 17.9 Å². The summed E-state index contributed by atoms with van der Waals surface area (Å²) in [6.07, 6.45) is 3.00. The van der Waals surface area contributed by atoms with Gasteiger partial charge in [-0.05, 0) is 45.3 Å². The first-order valence-corrected chi connectivity index (χ1v) is 14.2. The summed E-state index contributed by atoms with van der Waals surface area (Å²) in [5.41, 5.74) is 3.23. The maximum absolute atomic E-state index is 13.4. The number of anilines is 5. The lowest BCUT2D eigenvalue weighted by atomic mass is 10.1. The zero-order chi connectivity index (χ0) is 29.0. The largest absolute Gasteiger partial charge is 0.496 e. The molecule has 1 aliphatic rings. The summed E-state index contributed by atoms with van der Waals surface area (Å²) in [5, 5.41) is 2.89. The topological polar surface area (TPSA) is 111 Å². The molecule has 0 fully saturated rings. The Morgan fingerprint density at radius 3 is 2.50 bits per heavy atom. The van der Waals surface area contributed by atoms with E-state index >= 15 is 0 Å².